The van der Waals surface area contributed by atoms with Crippen LogP contribution in [0, 0.1) is 0 Å². The molecule has 1 aliphatic carbocycles. The number of benzene rings is 1. The third-order valence-corrected chi connectivity index (χ3v) is 5.14. The summed E-state index contributed by atoms with van der Waals surface area (Å²) in [6.45, 7) is 5.62. The average Bonchev–Trinajstić information content (AvgIpc) is 2.27. The smallest absolute Gasteiger partial charge is 0.0331 e. The maximum Gasteiger partial charge on any atom is 0.0331 e. The van der Waals surface area contributed by atoms with Crippen LogP contribution in [0.5, 0.6) is 0 Å². The van der Waals surface area contributed by atoms with Crippen molar-refractivity contribution in [2.24, 2.45) is 0 Å². The number of rotatable bonds is 5. The summed E-state index contributed by atoms with van der Waals surface area (Å²) in [4.78, 5) is 1.42. The lowest BCUT2D eigenvalue weighted by atomic mass is 9.84. The average molecular weight is 249 g/mol. The second kappa shape index (κ2) is 5.45. The van der Waals surface area contributed by atoms with Crippen molar-refractivity contribution in [2.75, 3.05) is 13.6 Å². The molecule has 94 valence electrons. The first-order valence-electron chi connectivity index (χ1n) is 6.59. The molecule has 1 aliphatic rings. The van der Waals surface area contributed by atoms with E-state index in [9.17, 15) is 0 Å². The summed E-state index contributed by atoms with van der Waals surface area (Å²) in [7, 11) is 2.06. The molecule has 0 atom stereocenters. The molecule has 0 amide bonds. The highest BCUT2D eigenvalue weighted by molar-refractivity contribution is 8.00. The van der Waals surface area contributed by atoms with Crippen molar-refractivity contribution in [3.63, 3.8) is 0 Å². The van der Waals surface area contributed by atoms with Crippen LogP contribution in [0.1, 0.15) is 44.6 Å². The first-order chi connectivity index (χ1) is 8.15. The largest absolute Gasteiger partial charge is 0.318 e. The van der Waals surface area contributed by atoms with E-state index in [1.807, 2.05) is 0 Å². The van der Waals surface area contributed by atoms with Gasteiger partial charge in [-0.1, -0.05) is 32.4 Å². The number of thioether (sulfide) groups is 1. The van der Waals surface area contributed by atoms with Crippen LogP contribution in [0.4, 0.5) is 0 Å². The van der Waals surface area contributed by atoms with Gasteiger partial charge in [-0.15, -0.1) is 11.8 Å². The molecule has 1 aromatic rings. The fourth-order valence-electron chi connectivity index (χ4n) is 2.38. The normalized spacial score (nSPS) is 18.1. The van der Waals surface area contributed by atoms with Gasteiger partial charge in [0.15, 0.2) is 0 Å². The number of hydrogen-bond donors (Lipinski definition) is 1. The molecule has 17 heavy (non-hydrogen) atoms. The molecule has 2 rings (SSSR count). The molecule has 0 aromatic heterocycles. The van der Waals surface area contributed by atoms with Gasteiger partial charge in [-0.3, -0.25) is 0 Å². The van der Waals surface area contributed by atoms with E-state index < -0.39 is 0 Å². The second-order valence-corrected chi connectivity index (χ2v) is 6.93. The highest BCUT2D eigenvalue weighted by atomic mass is 32.2. The van der Waals surface area contributed by atoms with E-state index >= 15 is 0 Å². The molecule has 0 unspecified atom stereocenters. The quantitative estimate of drug-likeness (QED) is 0.845. The summed E-state index contributed by atoms with van der Waals surface area (Å²) in [6.07, 6.45) is 4.09. The second-order valence-electron chi connectivity index (χ2n) is 5.39. The number of nitrogens with one attached hydrogen (secondary N) is 1. The Hall–Kier alpha value is -0.470. The van der Waals surface area contributed by atoms with Gasteiger partial charge >= 0.3 is 0 Å². The molecule has 1 fully saturated rings. The summed E-state index contributed by atoms with van der Waals surface area (Å²) >= 11 is 2.06. The van der Waals surface area contributed by atoms with Gasteiger partial charge in [0.1, 0.15) is 0 Å². The van der Waals surface area contributed by atoms with E-state index in [2.05, 4.69) is 62.2 Å². The van der Waals surface area contributed by atoms with E-state index in [-0.39, 0.29) is 0 Å². The van der Waals surface area contributed by atoms with Crippen LogP contribution >= 0.6 is 11.8 Å². The lowest BCUT2D eigenvalue weighted by Crippen LogP contribution is -2.42. The Balaban J connectivity index is 2.03. The van der Waals surface area contributed by atoms with Crippen LogP contribution in [-0.2, 0) is 0 Å². The summed E-state index contributed by atoms with van der Waals surface area (Å²) in [5.74, 6) is 0.629. The van der Waals surface area contributed by atoms with Gasteiger partial charge in [-0.05, 0) is 43.5 Å². The van der Waals surface area contributed by atoms with Crippen molar-refractivity contribution in [3.05, 3.63) is 29.8 Å². The van der Waals surface area contributed by atoms with Gasteiger partial charge in [0, 0.05) is 16.2 Å². The zero-order chi connectivity index (χ0) is 12.3. The minimum absolute atomic E-state index is 0.466. The van der Waals surface area contributed by atoms with Gasteiger partial charge in [-0.25, -0.2) is 0 Å². The van der Waals surface area contributed by atoms with Crippen molar-refractivity contribution in [3.8, 4) is 0 Å². The maximum atomic E-state index is 3.34. The minimum Gasteiger partial charge on any atom is -0.318 e. The van der Waals surface area contributed by atoms with Crippen molar-refractivity contribution in [1.29, 1.82) is 0 Å². The molecular weight excluding hydrogens is 226 g/mol. The summed E-state index contributed by atoms with van der Waals surface area (Å²) in [6, 6.07) is 9.13. The van der Waals surface area contributed by atoms with Gasteiger partial charge in [-0.2, -0.15) is 0 Å². The molecule has 0 saturated heterocycles. The Labute approximate surface area is 109 Å². The van der Waals surface area contributed by atoms with Gasteiger partial charge in [0.05, 0.1) is 0 Å². The molecule has 1 saturated carbocycles. The highest BCUT2D eigenvalue weighted by Crippen LogP contribution is 2.47. The number of hydrogen-bond acceptors (Lipinski definition) is 2. The SMILES string of the molecule is CNCC1(Sc2ccc(C(C)C)cc2)CCC1. The van der Waals surface area contributed by atoms with Gasteiger partial charge in [0.2, 0.25) is 0 Å². The molecule has 0 heterocycles. The lowest BCUT2D eigenvalue weighted by molar-refractivity contribution is 0.353. The minimum atomic E-state index is 0.466. The topological polar surface area (TPSA) is 12.0 Å². The van der Waals surface area contributed by atoms with Crippen LogP contribution in [0.25, 0.3) is 0 Å². The first-order valence-corrected chi connectivity index (χ1v) is 7.40. The standard InChI is InChI=1S/C15H23NS/c1-12(2)13-5-7-14(8-6-13)17-15(11-16-3)9-4-10-15/h5-8,12,16H,4,9-11H2,1-3H3. The molecule has 1 aromatic carbocycles. The molecule has 0 bridgehead atoms. The van der Waals surface area contributed by atoms with Gasteiger partial charge in [0.25, 0.3) is 0 Å². The van der Waals surface area contributed by atoms with Crippen molar-refractivity contribution in [1.82, 2.24) is 5.32 Å². The third kappa shape index (κ3) is 3.05. The van der Waals surface area contributed by atoms with Gasteiger partial charge < -0.3 is 5.32 Å². The Morgan fingerprint density at radius 3 is 2.29 bits per heavy atom. The van der Waals surface area contributed by atoms with Crippen LogP contribution in [0.2, 0.25) is 0 Å². The molecule has 1 N–H and O–H groups in total. The van der Waals surface area contributed by atoms with Crippen LogP contribution in [0.3, 0.4) is 0 Å². The predicted molar refractivity (Wildman–Crippen MR) is 76.9 cm³/mol. The molecule has 1 nitrogen and oxygen atoms in total. The first kappa shape index (κ1) is 13.0. The maximum absolute atomic E-state index is 3.34. The van der Waals surface area contributed by atoms with Crippen molar-refractivity contribution in [2.45, 2.75) is 48.7 Å². The lowest BCUT2D eigenvalue weighted by Gasteiger charge is -2.41. The molecular formula is C15H23NS. The summed E-state index contributed by atoms with van der Waals surface area (Å²) < 4.78 is 0.466. The molecule has 0 aliphatic heterocycles. The highest BCUT2D eigenvalue weighted by Gasteiger charge is 2.37. The molecule has 0 spiro atoms. The zero-order valence-electron chi connectivity index (χ0n) is 11.1. The fraction of sp³-hybridized carbons (Fsp3) is 0.600. The van der Waals surface area contributed by atoms with E-state index in [1.165, 1.54) is 29.7 Å². The fourth-order valence-corrected chi connectivity index (χ4v) is 3.86. The molecule has 0 radical (unpaired) electrons. The van der Waals surface area contributed by atoms with Crippen LogP contribution in [-0.4, -0.2) is 18.3 Å². The van der Waals surface area contributed by atoms with Crippen molar-refractivity contribution >= 4 is 11.8 Å². The summed E-state index contributed by atoms with van der Waals surface area (Å²) in [5, 5.41) is 3.34. The van der Waals surface area contributed by atoms with E-state index in [0.29, 0.717) is 10.7 Å². The Morgan fingerprint density at radius 2 is 1.88 bits per heavy atom. The predicted octanol–water partition coefficient (Wildman–Crippen LogP) is 4.04. The van der Waals surface area contributed by atoms with E-state index in [4.69, 9.17) is 0 Å². The van der Waals surface area contributed by atoms with E-state index in [0.717, 1.165) is 6.54 Å². The van der Waals surface area contributed by atoms with Crippen LogP contribution < -0.4 is 5.32 Å². The van der Waals surface area contributed by atoms with Crippen molar-refractivity contribution < 1.29 is 0 Å². The Bertz CT molecular complexity index is 352. The van der Waals surface area contributed by atoms with Crippen LogP contribution in [0.15, 0.2) is 29.2 Å². The van der Waals surface area contributed by atoms with E-state index in [1.54, 1.807) is 0 Å². The molecule has 2 heteroatoms. The monoisotopic (exact) mass is 249 g/mol. The Kier molecular flexibility index (Phi) is 4.16. The Morgan fingerprint density at radius 1 is 1.24 bits per heavy atom. The zero-order valence-corrected chi connectivity index (χ0v) is 11.9. The summed E-state index contributed by atoms with van der Waals surface area (Å²) in [5.41, 5.74) is 1.44. The third-order valence-electron chi connectivity index (χ3n) is 3.64.